The Morgan fingerprint density at radius 2 is 1.86 bits per heavy atom. The van der Waals surface area contributed by atoms with Crippen molar-refractivity contribution in [2.45, 2.75) is 38.3 Å². The Bertz CT molecular complexity index is 1400. The zero-order valence-electron chi connectivity index (χ0n) is 18.5. The lowest BCUT2D eigenvalue weighted by Gasteiger charge is -2.21. The number of carbonyl (C=O) groups is 1. The average Bonchev–Trinajstić information content (AvgIpc) is 3.29. The molecule has 0 aliphatic heterocycles. The van der Waals surface area contributed by atoms with Gasteiger partial charge in [0.1, 0.15) is 0 Å². The minimum atomic E-state index is -4.60. The number of amides is 1. The predicted octanol–water partition coefficient (Wildman–Crippen LogP) is 6.65. The number of alkyl halides is 3. The number of anilines is 1. The number of rotatable bonds is 4. The summed E-state index contributed by atoms with van der Waals surface area (Å²) in [5.41, 5.74) is 1.21. The zero-order valence-corrected chi connectivity index (χ0v) is 19.3. The van der Waals surface area contributed by atoms with E-state index < -0.39 is 11.9 Å². The molecule has 0 saturated heterocycles. The second-order valence-electron chi connectivity index (χ2n) is 8.56. The summed E-state index contributed by atoms with van der Waals surface area (Å²) in [4.78, 5) is 20.7. The molecule has 0 unspecified atom stereocenters. The molecule has 4 aromatic rings. The normalized spacial score (nSPS) is 14.9. The van der Waals surface area contributed by atoms with Gasteiger partial charge in [0.25, 0.3) is 0 Å². The van der Waals surface area contributed by atoms with Gasteiger partial charge in [0.05, 0.1) is 28.3 Å². The Hall–Kier alpha value is -3.46. The first kappa shape index (κ1) is 23.3. The van der Waals surface area contributed by atoms with Crippen molar-refractivity contribution in [1.29, 1.82) is 0 Å². The van der Waals surface area contributed by atoms with Crippen molar-refractivity contribution >= 4 is 28.8 Å². The maximum Gasteiger partial charge on any atom is 0.434 e. The van der Waals surface area contributed by atoms with E-state index in [9.17, 15) is 18.0 Å². The molecule has 1 fully saturated rings. The Labute approximate surface area is 204 Å². The third kappa shape index (κ3) is 4.86. The maximum absolute atomic E-state index is 13.4. The van der Waals surface area contributed by atoms with Gasteiger partial charge in [-0.1, -0.05) is 36.9 Å². The second-order valence-corrected chi connectivity index (χ2v) is 8.97. The SMILES string of the molecule is O=C(Nc1cc(-c2cn3nc(-c4cccnc4C(F)(F)F)ccc3n2)ccc1Cl)C1CCCCC1. The summed E-state index contributed by atoms with van der Waals surface area (Å²) in [6.45, 7) is 0. The number of nitrogens with zero attached hydrogens (tertiary/aromatic N) is 4. The first-order chi connectivity index (χ1) is 16.8. The summed E-state index contributed by atoms with van der Waals surface area (Å²) in [6.07, 6.45) is 3.12. The van der Waals surface area contributed by atoms with Crippen molar-refractivity contribution in [1.82, 2.24) is 19.6 Å². The van der Waals surface area contributed by atoms with E-state index in [0.717, 1.165) is 38.3 Å². The van der Waals surface area contributed by atoms with Gasteiger partial charge in [-0.05, 0) is 49.2 Å². The van der Waals surface area contributed by atoms with Crippen molar-refractivity contribution in [3.8, 4) is 22.5 Å². The van der Waals surface area contributed by atoms with Crippen LogP contribution in [0.3, 0.4) is 0 Å². The number of pyridine rings is 1. The van der Waals surface area contributed by atoms with E-state index in [1.807, 2.05) is 0 Å². The number of nitrogens with one attached hydrogen (secondary N) is 1. The highest BCUT2D eigenvalue weighted by Crippen LogP contribution is 2.35. The van der Waals surface area contributed by atoms with Crippen molar-refractivity contribution in [3.63, 3.8) is 0 Å². The summed E-state index contributed by atoms with van der Waals surface area (Å²) < 4.78 is 41.6. The molecule has 0 spiro atoms. The Morgan fingerprint density at radius 1 is 1.06 bits per heavy atom. The van der Waals surface area contributed by atoms with Crippen LogP contribution in [0.1, 0.15) is 37.8 Å². The summed E-state index contributed by atoms with van der Waals surface area (Å²) in [5, 5.41) is 7.69. The van der Waals surface area contributed by atoms with Crippen LogP contribution in [0.15, 0.2) is 54.9 Å². The van der Waals surface area contributed by atoms with Crippen LogP contribution in [0.25, 0.3) is 28.2 Å². The van der Waals surface area contributed by atoms with E-state index in [1.165, 1.54) is 22.7 Å². The highest BCUT2D eigenvalue weighted by atomic mass is 35.5. The van der Waals surface area contributed by atoms with Gasteiger partial charge < -0.3 is 5.32 Å². The van der Waals surface area contributed by atoms with Crippen molar-refractivity contribution < 1.29 is 18.0 Å². The van der Waals surface area contributed by atoms with E-state index in [-0.39, 0.29) is 23.1 Å². The van der Waals surface area contributed by atoms with Gasteiger partial charge in [0, 0.05) is 23.2 Å². The Morgan fingerprint density at radius 3 is 2.63 bits per heavy atom. The van der Waals surface area contributed by atoms with Gasteiger partial charge in [-0.2, -0.15) is 18.3 Å². The molecule has 10 heteroatoms. The van der Waals surface area contributed by atoms with Gasteiger partial charge in [-0.25, -0.2) is 9.50 Å². The lowest BCUT2D eigenvalue weighted by molar-refractivity contribution is -0.140. The lowest BCUT2D eigenvalue weighted by Crippen LogP contribution is -2.24. The van der Waals surface area contributed by atoms with Gasteiger partial charge >= 0.3 is 6.18 Å². The maximum atomic E-state index is 13.4. The van der Waals surface area contributed by atoms with Gasteiger partial charge in [-0.15, -0.1) is 0 Å². The molecule has 1 saturated carbocycles. The zero-order chi connectivity index (χ0) is 24.6. The molecular weight excluding hydrogens is 479 g/mol. The first-order valence-electron chi connectivity index (χ1n) is 11.3. The van der Waals surface area contributed by atoms with Crippen molar-refractivity contribution in [2.75, 3.05) is 5.32 Å². The number of aromatic nitrogens is 4. The molecule has 3 aromatic heterocycles. The van der Waals surface area contributed by atoms with Crippen LogP contribution in [0.4, 0.5) is 18.9 Å². The average molecular weight is 500 g/mol. The van der Waals surface area contributed by atoms with E-state index in [2.05, 4.69) is 20.4 Å². The van der Waals surface area contributed by atoms with E-state index in [4.69, 9.17) is 11.6 Å². The Kier molecular flexibility index (Phi) is 6.19. The molecule has 1 N–H and O–H groups in total. The monoisotopic (exact) mass is 499 g/mol. The molecule has 3 heterocycles. The standard InChI is InChI=1S/C25H21ClF3N5O/c26-18-9-8-16(13-20(18)32-24(35)15-5-2-1-3-6-15)21-14-34-22(31-21)11-10-19(33-34)17-7-4-12-30-23(17)25(27,28)29/h4,7-15H,1-3,5-6H2,(H,32,35). The van der Waals surface area contributed by atoms with Crippen LogP contribution < -0.4 is 5.32 Å². The van der Waals surface area contributed by atoms with Crippen LogP contribution in [-0.2, 0) is 11.0 Å². The molecule has 0 radical (unpaired) electrons. The molecule has 1 aromatic carbocycles. The number of halogens is 4. The molecule has 5 rings (SSSR count). The molecule has 180 valence electrons. The molecule has 1 aliphatic rings. The molecule has 6 nitrogen and oxygen atoms in total. The van der Waals surface area contributed by atoms with E-state index in [1.54, 1.807) is 30.5 Å². The molecular formula is C25H21ClF3N5O. The fourth-order valence-electron chi connectivity index (χ4n) is 4.38. The minimum absolute atomic E-state index is 0.0182. The van der Waals surface area contributed by atoms with Crippen LogP contribution in [0.5, 0.6) is 0 Å². The molecule has 0 atom stereocenters. The summed E-state index contributed by atoms with van der Waals surface area (Å²) >= 11 is 6.34. The smallest absolute Gasteiger partial charge is 0.325 e. The number of benzene rings is 1. The topological polar surface area (TPSA) is 72.2 Å². The number of hydrogen-bond acceptors (Lipinski definition) is 4. The van der Waals surface area contributed by atoms with Gasteiger partial charge in [0.15, 0.2) is 11.3 Å². The highest BCUT2D eigenvalue weighted by Gasteiger charge is 2.35. The third-order valence-corrected chi connectivity index (χ3v) is 6.50. The fourth-order valence-corrected chi connectivity index (χ4v) is 4.55. The molecule has 35 heavy (non-hydrogen) atoms. The van der Waals surface area contributed by atoms with Crippen LogP contribution in [-0.4, -0.2) is 25.5 Å². The molecule has 0 bridgehead atoms. The summed E-state index contributed by atoms with van der Waals surface area (Å²) in [7, 11) is 0. The molecule has 1 amide bonds. The minimum Gasteiger partial charge on any atom is -0.325 e. The quantitative estimate of drug-likeness (QED) is 0.341. The number of imidazole rings is 1. The number of fused-ring (bicyclic) bond motifs is 1. The van der Waals surface area contributed by atoms with Crippen molar-refractivity contribution in [3.05, 3.63) is 65.6 Å². The largest absolute Gasteiger partial charge is 0.434 e. The van der Waals surface area contributed by atoms with Crippen LogP contribution in [0, 0.1) is 5.92 Å². The van der Waals surface area contributed by atoms with Crippen molar-refractivity contribution in [2.24, 2.45) is 5.92 Å². The van der Waals surface area contributed by atoms with E-state index in [0.29, 0.717) is 27.6 Å². The van der Waals surface area contributed by atoms with Crippen LogP contribution >= 0.6 is 11.6 Å². The molecule has 1 aliphatic carbocycles. The summed E-state index contributed by atoms with van der Waals surface area (Å²) in [6, 6.07) is 11.0. The second kappa shape index (κ2) is 9.30. The number of hydrogen-bond donors (Lipinski definition) is 1. The fraction of sp³-hybridized carbons (Fsp3) is 0.280. The van der Waals surface area contributed by atoms with Gasteiger partial charge in [-0.3, -0.25) is 9.78 Å². The highest BCUT2D eigenvalue weighted by molar-refractivity contribution is 6.33. The van der Waals surface area contributed by atoms with Crippen LogP contribution in [0.2, 0.25) is 5.02 Å². The van der Waals surface area contributed by atoms with E-state index >= 15 is 0 Å². The lowest BCUT2D eigenvalue weighted by atomic mass is 9.88. The third-order valence-electron chi connectivity index (χ3n) is 6.17. The predicted molar refractivity (Wildman–Crippen MR) is 127 cm³/mol. The van der Waals surface area contributed by atoms with Gasteiger partial charge in [0.2, 0.25) is 5.91 Å². The first-order valence-corrected chi connectivity index (χ1v) is 11.7. The Balaban J connectivity index is 1.45. The summed E-state index contributed by atoms with van der Waals surface area (Å²) in [5.74, 6) is -0.0580. The number of carbonyl (C=O) groups excluding carboxylic acids is 1.